The van der Waals surface area contributed by atoms with Gasteiger partial charge in [0.15, 0.2) is 11.5 Å². The highest BCUT2D eigenvalue weighted by molar-refractivity contribution is 6.51. The van der Waals surface area contributed by atoms with Crippen molar-refractivity contribution in [2.45, 2.75) is 0 Å². The van der Waals surface area contributed by atoms with E-state index in [9.17, 15) is 15.3 Å². The third-order valence-electron chi connectivity index (χ3n) is 2.09. The zero-order valence-electron chi connectivity index (χ0n) is 7.29. The minimum atomic E-state index is -0.639. The molecule has 0 radical (unpaired) electrons. The van der Waals surface area contributed by atoms with Crippen LogP contribution in [0.25, 0.3) is 0 Å². The van der Waals surface area contributed by atoms with Crippen LogP contribution in [0.4, 0.5) is 0 Å². The summed E-state index contributed by atoms with van der Waals surface area (Å²) in [6.07, 6.45) is 0. The Labute approximate surface area is 76.9 Å². The molecular weight excluding hydrogens is 168 g/mol. The Morgan fingerprint density at radius 1 is 0.923 bits per heavy atom. The Bertz CT molecular complexity index is 382. The van der Waals surface area contributed by atoms with Gasteiger partial charge in [0.05, 0.1) is 5.56 Å². The third-order valence-corrected chi connectivity index (χ3v) is 2.09. The van der Waals surface area contributed by atoms with Crippen LogP contribution in [-0.4, -0.2) is 31.0 Å². The maximum atomic E-state index is 9.27. The van der Waals surface area contributed by atoms with Gasteiger partial charge in [0.25, 0.3) is 0 Å². The van der Waals surface area contributed by atoms with Crippen molar-refractivity contribution in [3.8, 4) is 23.3 Å². The number of aromatic hydroxyl groups is 3. The molecule has 6 heteroatoms. The zero-order chi connectivity index (χ0) is 10.2. The third kappa shape index (κ3) is 1.18. The van der Waals surface area contributed by atoms with Crippen molar-refractivity contribution in [1.29, 1.82) is 5.26 Å². The topological polar surface area (TPSA) is 84.5 Å². The van der Waals surface area contributed by atoms with Crippen molar-refractivity contribution in [2.75, 3.05) is 0 Å². The second-order valence-corrected chi connectivity index (χ2v) is 2.78. The van der Waals surface area contributed by atoms with Gasteiger partial charge in [-0.25, -0.2) is 0 Å². The predicted octanol–water partition coefficient (Wildman–Crippen LogP) is -2.81. The first-order valence-electron chi connectivity index (χ1n) is 3.64. The molecule has 1 rings (SSSR count). The highest BCUT2D eigenvalue weighted by Gasteiger charge is 2.17. The first-order valence-corrected chi connectivity index (χ1v) is 3.64. The van der Waals surface area contributed by atoms with E-state index in [0.29, 0.717) is 10.9 Å². The summed E-state index contributed by atoms with van der Waals surface area (Å²) in [5, 5.41) is 36.3. The van der Waals surface area contributed by atoms with Crippen LogP contribution in [0.1, 0.15) is 5.56 Å². The van der Waals surface area contributed by atoms with Gasteiger partial charge in [-0.1, -0.05) is 5.46 Å². The summed E-state index contributed by atoms with van der Waals surface area (Å²) in [4.78, 5) is 0. The fourth-order valence-corrected chi connectivity index (χ4v) is 1.09. The molecule has 0 aromatic heterocycles. The van der Waals surface area contributed by atoms with Crippen LogP contribution in [0.2, 0.25) is 0 Å². The summed E-state index contributed by atoms with van der Waals surface area (Å²) in [6.45, 7) is 0. The molecule has 1 aromatic carbocycles. The van der Waals surface area contributed by atoms with E-state index in [2.05, 4.69) is 0 Å². The minimum absolute atomic E-state index is 0.00667. The van der Waals surface area contributed by atoms with Crippen molar-refractivity contribution >= 4 is 26.6 Å². The summed E-state index contributed by atoms with van der Waals surface area (Å²) in [7, 11) is 3.15. The second-order valence-electron chi connectivity index (χ2n) is 2.78. The van der Waals surface area contributed by atoms with E-state index in [4.69, 9.17) is 5.26 Å². The van der Waals surface area contributed by atoms with E-state index in [0.717, 1.165) is 0 Å². The lowest BCUT2D eigenvalue weighted by Gasteiger charge is -2.09. The average molecular weight is 175 g/mol. The van der Waals surface area contributed by atoms with Crippen molar-refractivity contribution in [3.05, 3.63) is 5.56 Å². The predicted molar refractivity (Wildman–Crippen MR) is 52.5 cm³/mol. The van der Waals surface area contributed by atoms with Crippen LogP contribution < -0.4 is 10.9 Å². The summed E-state index contributed by atoms with van der Waals surface area (Å²) in [6, 6.07) is 1.75. The lowest BCUT2D eigenvalue weighted by molar-refractivity contribution is 0.370. The zero-order valence-corrected chi connectivity index (χ0v) is 7.29. The number of phenols is 3. The minimum Gasteiger partial charge on any atom is -0.505 e. The maximum Gasteiger partial charge on any atom is 0.201 e. The van der Waals surface area contributed by atoms with Crippen LogP contribution in [0.5, 0.6) is 17.2 Å². The van der Waals surface area contributed by atoms with E-state index in [-0.39, 0.29) is 11.3 Å². The first kappa shape index (κ1) is 9.33. The first-order chi connectivity index (χ1) is 6.00. The van der Waals surface area contributed by atoms with Crippen LogP contribution in [0.15, 0.2) is 0 Å². The van der Waals surface area contributed by atoms with E-state index >= 15 is 0 Å². The quantitative estimate of drug-likeness (QED) is 0.293. The van der Waals surface area contributed by atoms with Gasteiger partial charge < -0.3 is 15.3 Å². The van der Waals surface area contributed by atoms with Gasteiger partial charge in [-0.15, -0.1) is 0 Å². The molecule has 4 nitrogen and oxygen atoms in total. The van der Waals surface area contributed by atoms with Gasteiger partial charge in [0.1, 0.15) is 21.8 Å². The SMILES string of the molecule is Bc1c(B)c(C#N)c(O)c(O)c1O. The molecule has 0 fully saturated rings. The number of rotatable bonds is 0. The van der Waals surface area contributed by atoms with Gasteiger partial charge in [-0.2, -0.15) is 5.26 Å². The molecule has 13 heavy (non-hydrogen) atoms. The molecule has 64 valence electrons. The highest BCUT2D eigenvalue weighted by atomic mass is 16.3. The normalized spacial score (nSPS) is 9.46. The van der Waals surface area contributed by atoms with E-state index in [1.807, 2.05) is 0 Å². The molecule has 1 aromatic rings. The van der Waals surface area contributed by atoms with E-state index in [1.165, 1.54) is 0 Å². The van der Waals surface area contributed by atoms with E-state index in [1.54, 1.807) is 21.8 Å². The fourth-order valence-electron chi connectivity index (χ4n) is 1.09. The maximum absolute atomic E-state index is 9.27. The molecule has 0 saturated heterocycles. The molecule has 0 aliphatic rings. The molecule has 0 amide bonds. The second kappa shape index (κ2) is 2.94. The van der Waals surface area contributed by atoms with Crippen molar-refractivity contribution < 1.29 is 15.3 Å². The number of phenolic OH excluding ortho intramolecular Hbond substituents is 3. The summed E-state index contributed by atoms with van der Waals surface area (Å²) in [5.41, 5.74) is 0.856. The molecule has 0 bridgehead atoms. The van der Waals surface area contributed by atoms with Crippen LogP contribution in [0.3, 0.4) is 0 Å². The molecule has 0 heterocycles. The van der Waals surface area contributed by atoms with Crippen LogP contribution >= 0.6 is 0 Å². The van der Waals surface area contributed by atoms with Crippen molar-refractivity contribution in [2.24, 2.45) is 0 Å². The Kier molecular flexibility index (Phi) is 2.11. The number of hydrogen-bond donors (Lipinski definition) is 3. The van der Waals surface area contributed by atoms with Gasteiger partial charge in [0.2, 0.25) is 5.75 Å². The van der Waals surface area contributed by atoms with Gasteiger partial charge in [0, 0.05) is 0 Å². The summed E-state index contributed by atoms with van der Waals surface area (Å²) in [5.74, 6) is -1.59. The molecular formula is C7H7B2NO3. The average Bonchev–Trinajstić information content (AvgIpc) is 2.13. The standard InChI is InChI=1S/C7H7B2NO3/c8-3-2(1-10)5(11)7(13)6(12)4(3)9/h11-13H,8-9H2. The molecule has 3 N–H and O–H groups in total. The lowest BCUT2D eigenvalue weighted by atomic mass is 9.76. The molecule has 0 aliphatic heterocycles. The van der Waals surface area contributed by atoms with E-state index < -0.39 is 11.5 Å². The van der Waals surface area contributed by atoms with Crippen molar-refractivity contribution in [1.82, 2.24) is 0 Å². The molecule has 0 unspecified atom stereocenters. The Morgan fingerprint density at radius 3 is 1.92 bits per heavy atom. The number of nitrogens with zero attached hydrogens (tertiary/aromatic N) is 1. The summed E-state index contributed by atoms with van der Waals surface area (Å²) >= 11 is 0. The summed E-state index contributed by atoms with van der Waals surface area (Å²) < 4.78 is 0. The molecule has 0 aliphatic carbocycles. The Morgan fingerprint density at radius 2 is 1.46 bits per heavy atom. The van der Waals surface area contributed by atoms with Gasteiger partial charge in [-0.3, -0.25) is 0 Å². The van der Waals surface area contributed by atoms with Crippen LogP contribution in [0, 0.1) is 11.3 Å². The monoisotopic (exact) mass is 175 g/mol. The number of hydrogen-bond acceptors (Lipinski definition) is 4. The Balaban J connectivity index is 3.69. The smallest absolute Gasteiger partial charge is 0.201 e. The largest absolute Gasteiger partial charge is 0.505 e. The molecule has 0 spiro atoms. The van der Waals surface area contributed by atoms with Gasteiger partial charge >= 0.3 is 0 Å². The fraction of sp³-hybridized carbons (Fsp3) is 0. The molecule has 0 saturated carbocycles. The van der Waals surface area contributed by atoms with Gasteiger partial charge in [-0.05, 0) is 5.46 Å². The number of benzene rings is 1. The highest BCUT2D eigenvalue weighted by Crippen LogP contribution is 2.33. The molecule has 0 atom stereocenters. The van der Waals surface area contributed by atoms with Crippen LogP contribution in [-0.2, 0) is 0 Å². The lowest BCUT2D eigenvalue weighted by Crippen LogP contribution is -2.28. The number of nitriles is 1. The van der Waals surface area contributed by atoms with Crippen molar-refractivity contribution in [3.63, 3.8) is 0 Å². The Hall–Kier alpha value is -1.76.